The molecule has 0 fully saturated rings. The van der Waals surface area contributed by atoms with Gasteiger partial charge in [-0.05, 0) is 24.6 Å². The lowest BCUT2D eigenvalue weighted by Crippen LogP contribution is -2.16. The quantitative estimate of drug-likeness (QED) is 0.134. The number of halogens is 3. The van der Waals surface area contributed by atoms with E-state index in [9.17, 15) is 32.9 Å². The molecule has 0 saturated heterocycles. The van der Waals surface area contributed by atoms with Gasteiger partial charge in [-0.3, -0.25) is 4.79 Å². The van der Waals surface area contributed by atoms with Gasteiger partial charge < -0.3 is 9.57 Å². The Kier molecular flexibility index (Phi) is 7.09. The van der Waals surface area contributed by atoms with Crippen LogP contribution in [0.2, 0.25) is 0 Å². The third-order valence-corrected chi connectivity index (χ3v) is 2.88. The largest absolute Gasteiger partial charge is 0.462 e. The molecule has 1 aromatic rings. The van der Waals surface area contributed by atoms with Gasteiger partial charge >= 0.3 is 12.1 Å². The summed E-state index contributed by atoms with van der Waals surface area (Å²) in [4.78, 5) is 37.4. The number of Topliss-reactive ketones (excluding diaryl/α,β-unsaturated/α-hetero) is 1. The van der Waals surface area contributed by atoms with Gasteiger partial charge in [0, 0.05) is 6.42 Å². The van der Waals surface area contributed by atoms with E-state index in [2.05, 4.69) is 4.84 Å². The predicted octanol–water partition coefficient (Wildman–Crippen LogP) is 2.82. The highest BCUT2D eigenvalue weighted by Crippen LogP contribution is 2.32. The summed E-state index contributed by atoms with van der Waals surface area (Å²) in [6, 6.07) is 4.45. The van der Waals surface area contributed by atoms with E-state index < -0.39 is 34.2 Å². The van der Waals surface area contributed by atoms with Crippen LogP contribution in [-0.2, 0) is 25.3 Å². The Balaban J connectivity index is 2.90. The van der Waals surface area contributed by atoms with Crippen molar-refractivity contribution < 1.29 is 37.4 Å². The highest BCUT2D eigenvalue weighted by atomic mass is 19.4. The molecule has 0 saturated carbocycles. The molecule has 0 aliphatic carbocycles. The first-order chi connectivity index (χ1) is 11.6. The van der Waals surface area contributed by atoms with Crippen LogP contribution in [0.5, 0.6) is 0 Å². The molecule has 0 bridgehead atoms. The van der Waals surface area contributed by atoms with E-state index in [1.165, 1.54) is 12.1 Å². The Labute approximate surface area is 140 Å². The molecule has 1 rings (SSSR count). The van der Waals surface area contributed by atoms with Crippen molar-refractivity contribution in [3.63, 3.8) is 0 Å². The molecule has 25 heavy (non-hydrogen) atoms. The summed E-state index contributed by atoms with van der Waals surface area (Å²) in [5.41, 5.74) is -1.92. The zero-order valence-electron chi connectivity index (χ0n) is 13.0. The Hall–Kier alpha value is -2.91. The monoisotopic (exact) mass is 361 g/mol. The molecule has 0 aromatic heterocycles. The summed E-state index contributed by atoms with van der Waals surface area (Å²) in [7, 11) is 0. The molecule has 0 aliphatic rings. The second kappa shape index (κ2) is 8.81. The minimum absolute atomic E-state index is 0.0168. The maximum absolute atomic E-state index is 13.0. The molecule has 1 aromatic carbocycles. The third kappa shape index (κ3) is 6.61. The van der Waals surface area contributed by atoms with E-state index >= 15 is 0 Å². The van der Waals surface area contributed by atoms with Crippen LogP contribution >= 0.6 is 0 Å². The molecule has 0 atom stereocenters. The first kappa shape index (κ1) is 20.1. The fourth-order valence-electron chi connectivity index (χ4n) is 1.78. The number of alkyl halides is 3. The maximum atomic E-state index is 13.0. The average Bonchev–Trinajstić information content (AvgIpc) is 2.50. The van der Waals surface area contributed by atoms with E-state index in [-0.39, 0.29) is 25.2 Å². The summed E-state index contributed by atoms with van der Waals surface area (Å²) in [6.45, 7) is 0.396. The fraction of sp³-hybridized carbons (Fsp3) is 0.333. The lowest BCUT2D eigenvalue weighted by Gasteiger charge is -2.11. The zero-order valence-corrected chi connectivity index (χ0v) is 13.0. The van der Waals surface area contributed by atoms with Gasteiger partial charge in [0.15, 0.2) is 5.78 Å². The van der Waals surface area contributed by atoms with Crippen LogP contribution in [0.15, 0.2) is 29.8 Å². The van der Waals surface area contributed by atoms with Crippen LogP contribution in [0, 0.1) is 10.1 Å². The van der Waals surface area contributed by atoms with Crippen molar-refractivity contribution in [1.29, 1.82) is 0 Å². The molecule has 10 heteroatoms. The number of nitrogens with zero attached hydrogens (tertiary/aromatic N) is 1. The number of esters is 1. The number of hydrogen-bond donors (Lipinski definition) is 0. The predicted molar refractivity (Wildman–Crippen MR) is 78.6 cm³/mol. The van der Waals surface area contributed by atoms with E-state index in [0.29, 0.717) is 0 Å². The number of hydrogen-bond acceptors (Lipinski definition) is 6. The van der Waals surface area contributed by atoms with Gasteiger partial charge in [-0.15, -0.1) is 10.1 Å². The smallest absolute Gasteiger partial charge is 0.416 e. The van der Waals surface area contributed by atoms with Crippen molar-refractivity contribution in [2.75, 3.05) is 13.2 Å². The Morgan fingerprint density at radius 3 is 2.44 bits per heavy atom. The number of rotatable bonds is 8. The van der Waals surface area contributed by atoms with Crippen molar-refractivity contribution in [2.45, 2.75) is 19.5 Å². The number of carbonyl (C=O) groups is 2. The Bertz CT molecular complexity index is 684. The first-order valence-electron chi connectivity index (χ1n) is 6.96. The van der Waals surface area contributed by atoms with Crippen molar-refractivity contribution in [2.24, 2.45) is 0 Å². The molecule has 0 N–H and O–H groups in total. The van der Waals surface area contributed by atoms with Crippen molar-refractivity contribution in [3.05, 3.63) is 51.1 Å². The lowest BCUT2D eigenvalue weighted by molar-refractivity contribution is -0.757. The molecular weight excluding hydrogens is 347 g/mol. The van der Waals surface area contributed by atoms with Crippen molar-refractivity contribution in [1.82, 2.24) is 0 Å². The van der Waals surface area contributed by atoms with Gasteiger partial charge in [0.25, 0.3) is 5.09 Å². The maximum Gasteiger partial charge on any atom is 0.416 e. The van der Waals surface area contributed by atoms with Gasteiger partial charge in [0.05, 0.1) is 18.8 Å². The molecule has 0 spiro atoms. The van der Waals surface area contributed by atoms with Crippen LogP contribution in [0.4, 0.5) is 13.2 Å². The summed E-state index contributed by atoms with van der Waals surface area (Å²) < 4.78 is 43.6. The van der Waals surface area contributed by atoms with E-state index in [1.54, 1.807) is 0 Å². The van der Waals surface area contributed by atoms with E-state index in [1.807, 2.05) is 0 Å². The van der Waals surface area contributed by atoms with Gasteiger partial charge in [-0.25, -0.2) is 4.79 Å². The van der Waals surface area contributed by atoms with Crippen LogP contribution in [0.1, 0.15) is 24.5 Å². The molecular formula is C15H14F3NO6. The minimum atomic E-state index is -4.65. The zero-order chi connectivity index (χ0) is 19.0. The summed E-state index contributed by atoms with van der Waals surface area (Å²) >= 11 is 0. The third-order valence-electron chi connectivity index (χ3n) is 2.88. The molecule has 0 amide bonds. The van der Waals surface area contributed by atoms with Crippen LogP contribution in [0.3, 0.4) is 0 Å². The number of carbonyl (C=O) groups excluding carboxylic acids is 2. The van der Waals surface area contributed by atoms with Gasteiger partial charge in [0.1, 0.15) is 5.57 Å². The van der Waals surface area contributed by atoms with Crippen LogP contribution in [0.25, 0.3) is 6.08 Å². The van der Waals surface area contributed by atoms with Crippen molar-refractivity contribution in [3.8, 4) is 0 Å². The molecule has 0 unspecified atom stereocenters. The summed E-state index contributed by atoms with van der Waals surface area (Å²) in [5, 5.41) is 8.92. The van der Waals surface area contributed by atoms with E-state index in [0.717, 1.165) is 25.1 Å². The highest BCUT2D eigenvalue weighted by molar-refractivity contribution is 6.19. The number of benzene rings is 1. The highest BCUT2D eigenvalue weighted by Gasteiger charge is 2.33. The fourth-order valence-corrected chi connectivity index (χ4v) is 1.78. The standard InChI is InChI=1S/C15H14F3NO6/c1-10(20)12(14(21)24-7-4-8-25-19(22)23)9-11-5-2-3-6-13(11)15(16,17)18/h2-3,5-6,9H,4,7-8H2,1H3/b12-9+. The SMILES string of the molecule is CC(=O)/C(=C\c1ccccc1C(F)(F)F)C(=O)OCCCO[N+](=O)[O-]. The second-order valence-corrected chi connectivity index (χ2v) is 4.75. The van der Waals surface area contributed by atoms with Crippen molar-refractivity contribution >= 4 is 17.8 Å². The second-order valence-electron chi connectivity index (χ2n) is 4.75. The topological polar surface area (TPSA) is 95.7 Å². The Morgan fingerprint density at radius 1 is 1.24 bits per heavy atom. The normalized spacial score (nSPS) is 11.8. The average molecular weight is 361 g/mol. The first-order valence-corrected chi connectivity index (χ1v) is 6.96. The van der Waals surface area contributed by atoms with Gasteiger partial charge in [0.2, 0.25) is 0 Å². The summed E-state index contributed by atoms with van der Waals surface area (Å²) in [6.07, 6.45) is -3.86. The molecule has 0 aliphatic heterocycles. The molecule has 7 nitrogen and oxygen atoms in total. The lowest BCUT2D eigenvalue weighted by atomic mass is 10.0. The minimum Gasteiger partial charge on any atom is -0.462 e. The Morgan fingerprint density at radius 2 is 1.88 bits per heavy atom. The van der Waals surface area contributed by atoms with Crippen LogP contribution < -0.4 is 0 Å². The van der Waals surface area contributed by atoms with Gasteiger partial charge in [-0.2, -0.15) is 13.2 Å². The number of ketones is 1. The molecule has 0 heterocycles. The molecule has 0 radical (unpaired) electrons. The van der Waals surface area contributed by atoms with Crippen LogP contribution in [-0.4, -0.2) is 30.1 Å². The van der Waals surface area contributed by atoms with E-state index in [4.69, 9.17) is 4.74 Å². The number of ether oxygens (including phenoxy) is 1. The van der Waals surface area contributed by atoms with Gasteiger partial charge in [-0.1, -0.05) is 18.2 Å². The summed E-state index contributed by atoms with van der Waals surface area (Å²) in [5.74, 6) is -1.89. The molecule has 136 valence electrons.